The van der Waals surface area contributed by atoms with Crippen LogP contribution in [0.25, 0.3) is 0 Å². The normalized spacial score (nSPS) is 10.2. The van der Waals surface area contributed by atoms with Gasteiger partial charge in [-0.2, -0.15) is 0 Å². The molecule has 0 saturated heterocycles. The summed E-state index contributed by atoms with van der Waals surface area (Å²) in [4.78, 5) is 11.1. The third kappa shape index (κ3) is 4.59. The summed E-state index contributed by atoms with van der Waals surface area (Å²) in [6.07, 6.45) is 1.51. The summed E-state index contributed by atoms with van der Waals surface area (Å²) in [5, 5.41) is 3.40. The Balaban J connectivity index is 1.87. The molecule has 19 heavy (non-hydrogen) atoms. The van der Waals surface area contributed by atoms with Crippen LogP contribution in [0.4, 0.5) is 5.69 Å². The van der Waals surface area contributed by atoms with Crippen molar-refractivity contribution in [3.8, 4) is 0 Å². The highest BCUT2D eigenvalue weighted by Crippen LogP contribution is 2.11. The van der Waals surface area contributed by atoms with Crippen LogP contribution >= 0.6 is 0 Å². The fourth-order valence-electron chi connectivity index (χ4n) is 2.07. The molecule has 0 aliphatic heterocycles. The molecular formula is C17H19NO. The number of anilines is 1. The first-order valence-corrected chi connectivity index (χ1v) is 6.60. The summed E-state index contributed by atoms with van der Waals surface area (Å²) in [6.45, 7) is 2.52. The molecule has 0 fully saturated rings. The van der Waals surface area contributed by atoms with Gasteiger partial charge in [0.05, 0.1) is 0 Å². The Hall–Kier alpha value is -2.09. The molecule has 0 radical (unpaired) electrons. The second kappa shape index (κ2) is 6.74. The second-order valence-corrected chi connectivity index (χ2v) is 4.74. The molecule has 0 saturated carbocycles. The molecular weight excluding hydrogens is 234 g/mol. The molecule has 0 aliphatic carbocycles. The van der Waals surface area contributed by atoms with Crippen LogP contribution in [-0.4, -0.2) is 12.3 Å². The summed E-state index contributed by atoms with van der Waals surface area (Å²) in [5.41, 5.74) is 3.47. The molecule has 0 aromatic heterocycles. The van der Waals surface area contributed by atoms with Gasteiger partial charge in [-0.3, -0.25) is 4.79 Å². The Morgan fingerprint density at radius 1 is 1.00 bits per heavy atom. The predicted octanol–water partition coefficient (Wildman–Crippen LogP) is 3.47. The summed E-state index contributed by atoms with van der Waals surface area (Å²) in [7, 11) is 0. The average Bonchev–Trinajstić information content (AvgIpc) is 2.40. The number of rotatable bonds is 6. The molecule has 0 atom stereocenters. The van der Waals surface area contributed by atoms with Gasteiger partial charge in [-0.1, -0.05) is 42.5 Å². The highest BCUT2D eigenvalue weighted by molar-refractivity contribution is 5.78. The zero-order chi connectivity index (χ0) is 13.5. The van der Waals surface area contributed by atoms with E-state index < -0.39 is 0 Å². The number of hydrogen-bond donors (Lipinski definition) is 1. The van der Waals surface area contributed by atoms with Crippen LogP contribution in [0.2, 0.25) is 0 Å². The van der Waals surface area contributed by atoms with Gasteiger partial charge in [0, 0.05) is 18.7 Å². The van der Waals surface area contributed by atoms with Gasteiger partial charge in [0.25, 0.3) is 0 Å². The molecule has 2 rings (SSSR count). The molecule has 2 nitrogen and oxygen atoms in total. The monoisotopic (exact) mass is 253 g/mol. The molecule has 0 spiro atoms. The molecule has 98 valence electrons. The van der Waals surface area contributed by atoms with Gasteiger partial charge < -0.3 is 5.32 Å². The Labute approximate surface area is 114 Å². The van der Waals surface area contributed by atoms with E-state index in [4.69, 9.17) is 0 Å². The fourth-order valence-corrected chi connectivity index (χ4v) is 2.07. The number of ketones is 1. The van der Waals surface area contributed by atoms with Gasteiger partial charge in [-0.15, -0.1) is 0 Å². The lowest BCUT2D eigenvalue weighted by molar-refractivity contribution is -0.116. The quantitative estimate of drug-likeness (QED) is 0.854. The Morgan fingerprint density at radius 2 is 1.74 bits per heavy atom. The minimum atomic E-state index is 0.196. The Bertz CT molecular complexity index is 534. The summed E-state index contributed by atoms with van der Waals surface area (Å²) >= 11 is 0. The molecule has 2 heteroatoms. The first kappa shape index (κ1) is 13.3. The second-order valence-electron chi connectivity index (χ2n) is 4.74. The maximum atomic E-state index is 11.1. The maximum Gasteiger partial charge on any atom is 0.134 e. The minimum Gasteiger partial charge on any atom is -0.385 e. The van der Waals surface area contributed by atoms with Crippen LogP contribution in [0.1, 0.15) is 18.1 Å². The van der Waals surface area contributed by atoms with Crippen molar-refractivity contribution in [3.05, 3.63) is 65.7 Å². The van der Waals surface area contributed by atoms with Crippen molar-refractivity contribution in [1.82, 2.24) is 0 Å². The van der Waals surface area contributed by atoms with Crippen molar-refractivity contribution in [2.75, 3.05) is 11.9 Å². The van der Waals surface area contributed by atoms with E-state index in [2.05, 4.69) is 29.6 Å². The van der Waals surface area contributed by atoms with Gasteiger partial charge in [0.1, 0.15) is 5.78 Å². The number of carbonyl (C=O) groups excluding carboxylic acids is 1. The zero-order valence-electron chi connectivity index (χ0n) is 11.2. The summed E-state index contributed by atoms with van der Waals surface area (Å²) < 4.78 is 0. The number of benzene rings is 2. The first-order chi connectivity index (χ1) is 9.24. The van der Waals surface area contributed by atoms with Crippen molar-refractivity contribution < 1.29 is 4.79 Å². The van der Waals surface area contributed by atoms with Gasteiger partial charge in [0.15, 0.2) is 0 Å². The molecule has 0 aliphatic rings. The van der Waals surface area contributed by atoms with E-state index in [1.54, 1.807) is 6.92 Å². The SMILES string of the molecule is CC(=O)Cc1cccc(NCCc2ccccc2)c1. The average molecular weight is 253 g/mol. The van der Waals surface area contributed by atoms with Gasteiger partial charge in [-0.25, -0.2) is 0 Å². The molecule has 1 N–H and O–H groups in total. The number of hydrogen-bond acceptors (Lipinski definition) is 2. The molecule has 0 bridgehead atoms. The van der Waals surface area contributed by atoms with E-state index in [1.165, 1.54) is 5.56 Å². The molecule has 2 aromatic rings. The van der Waals surface area contributed by atoms with Crippen LogP contribution in [0.5, 0.6) is 0 Å². The largest absolute Gasteiger partial charge is 0.385 e. The standard InChI is InChI=1S/C17H19NO/c1-14(19)12-16-8-5-9-17(13-16)18-11-10-15-6-3-2-4-7-15/h2-9,13,18H,10-12H2,1H3. The minimum absolute atomic E-state index is 0.196. The lowest BCUT2D eigenvalue weighted by atomic mass is 10.1. The topological polar surface area (TPSA) is 29.1 Å². The smallest absolute Gasteiger partial charge is 0.134 e. The summed E-state index contributed by atoms with van der Waals surface area (Å²) in [5.74, 6) is 0.196. The van der Waals surface area contributed by atoms with Crippen LogP contribution in [-0.2, 0) is 17.6 Å². The lowest BCUT2D eigenvalue weighted by Crippen LogP contribution is -2.05. The highest BCUT2D eigenvalue weighted by atomic mass is 16.1. The predicted molar refractivity (Wildman–Crippen MR) is 79.5 cm³/mol. The van der Waals surface area contributed by atoms with Gasteiger partial charge in [-0.05, 0) is 36.6 Å². The number of nitrogens with one attached hydrogen (secondary N) is 1. The van der Waals surface area contributed by atoms with Crippen molar-refractivity contribution in [3.63, 3.8) is 0 Å². The molecule has 0 heterocycles. The van der Waals surface area contributed by atoms with Crippen molar-refractivity contribution in [2.45, 2.75) is 19.8 Å². The number of Topliss-reactive ketones (excluding diaryl/α,β-unsaturated/α-hetero) is 1. The van der Waals surface area contributed by atoms with Crippen molar-refractivity contribution >= 4 is 11.5 Å². The molecule has 0 amide bonds. The molecule has 2 aromatic carbocycles. The van der Waals surface area contributed by atoms with Gasteiger partial charge in [0.2, 0.25) is 0 Å². The first-order valence-electron chi connectivity index (χ1n) is 6.60. The van der Waals surface area contributed by atoms with E-state index in [-0.39, 0.29) is 5.78 Å². The van der Waals surface area contributed by atoms with Crippen LogP contribution in [0, 0.1) is 0 Å². The number of carbonyl (C=O) groups is 1. The Morgan fingerprint density at radius 3 is 2.47 bits per heavy atom. The summed E-state index contributed by atoms with van der Waals surface area (Å²) in [6, 6.07) is 18.5. The third-order valence-corrected chi connectivity index (χ3v) is 2.97. The van der Waals surface area contributed by atoms with E-state index in [9.17, 15) is 4.79 Å². The molecule has 0 unspecified atom stereocenters. The lowest BCUT2D eigenvalue weighted by Gasteiger charge is -2.08. The fraction of sp³-hybridized carbons (Fsp3) is 0.235. The van der Waals surface area contributed by atoms with E-state index >= 15 is 0 Å². The zero-order valence-corrected chi connectivity index (χ0v) is 11.2. The van der Waals surface area contributed by atoms with Crippen molar-refractivity contribution in [2.24, 2.45) is 0 Å². The van der Waals surface area contributed by atoms with E-state index in [1.807, 2.05) is 30.3 Å². The van der Waals surface area contributed by atoms with Crippen LogP contribution in [0.3, 0.4) is 0 Å². The van der Waals surface area contributed by atoms with Crippen LogP contribution in [0.15, 0.2) is 54.6 Å². The third-order valence-electron chi connectivity index (χ3n) is 2.97. The van der Waals surface area contributed by atoms with Gasteiger partial charge >= 0.3 is 0 Å². The highest BCUT2D eigenvalue weighted by Gasteiger charge is 1.99. The van der Waals surface area contributed by atoms with Crippen molar-refractivity contribution in [1.29, 1.82) is 0 Å². The van der Waals surface area contributed by atoms with E-state index in [0.717, 1.165) is 24.2 Å². The Kier molecular flexibility index (Phi) is 4.73. The van der Waals surface area contributed by atoms with E-state index in [0.29, 0.717) is 6.42 Å². The van der Waals surface area contributed by atoms with Crippen LogP contribution < -0.4 is 5.32 Å². The maximum absolute atomic E-state index is 11.1.